The van der Waals surface area contributed by atoms with Crippen LogP contribution in [0.5, 0.6) is 0 Å². The third-order valence-electron chi connectivity index (χ3n) is 5.06. The van der Waals surface area contributed by atoms with Gasteiger partial charge in [0.05, 0.1) is 11.5 Å². The van der Waals surface area contributed by atoms with Crippen LogP contribution in [0.25, 0.3) is 0 Å². The first-order valence-electron chi connectivity index (χ1n) is 8.43. The van der Waals surface area contributed by atoms with Crippen LogP contribution in [0.2, 0.25) is 0 Å². The molecule has 0 aliphatic carbocycles. The molecule has 1 aromatic carbocycles. The van der Waals surface area contributed by atoms with Gasteiger partial charge < -0.3 is 20.1 Å². The number of nitrogens with zero attached hydrogens (tertiary/aromatic N) is 1. The first-order chi connectivity index (χ1) is 11.5. The number of carboxylic acids is 1. The Hall–Kier alpha value is -2.08. The van der Waals surface area contributed by atoms with Gasteiger partial charge in [0.25, 0.3) is 0 Å². The molecule has 0 bridgehead atoms. The van der Waals surface area contributed by atoms with Crippen molar-refractivity contribution in [3.05, 3.63) is 35.9 Å². The fourth-order valence-corrected chi connectivity index (χ4v) is 3.40. The highest BCUT2D eigenvalue weighted by Gasteiger charge is 2.42. The number of amides is 2. The zero-order valence-electron chi connectivity index (χ0n) is 13.9. The molecule has 3 atom stereocenters. The van der Waals surface area contributed by atoms with Gasteiger partial charge in [0.15, 0.2) is 0 Å². The minimum Gasteiger partial charge on any atom is -0.481 e. The van der Waals surface area contributed by atoms with Crippen LogP contribution in [-0.4, -0.2) is 47.7 Å². The number of carboxylic acid groups (broad SMARTS) is 1. The quantitative estimate of drug-likeness (QED) is 0.891. The number of carbonyl (C=O) groups is 2. The molecule has 2 amide bonds. The summed E-state index contributed by atoms with van der Waals surface area (Å²) in [6, 6.07) is 9.89. The molecule has 2 N–H and O–H groups in total. The molecule has 6 nitrogen and oxygen atoms in total. The van der Waals surface area contributed by atoms with Crippen molar-refractivity contribution >= 4 is 12.0 Å². The summed E-state index contributed by atoms with van der Waals surface area (Å²) in [6.07, 6.45) is 2.00. The van der Waals surface area contributed by atoms with Crippen molar-refractivity contribution in [2.45, 2.75) is 38.3 Å². The molecule has 0 saturated carbocycles. The Kier molecular flexibility index (Phi) is 4.76. The van der Waals surface area contributed by atoms with Crippen molar-refractivity contribution in [3.63, 3.8) is 0 Å². The first-order valence-corrected chi connectivity index (χ1v) is 8.43. The molecule has 2 aliphatic rings. The normalized spacial score (nSPS) is 30.1. The molecule has 6 heteroatoms. The number of hydrogen-bond acceptors (Lipinski definition) is 3. The van der Waals surface area contributed by atoms with Gasteiger partial charge in [-0.15, -0.1) is 0 Å². The van der Waals surface area contributed by atoms with E-state index in [9.17, 15) is 14.7 Å². The SMILES string of the molecule is CC1(C(=O)O)CCN(C(=O)NC2CCOC(c3ccccc3)C2)C1. The van der Waals surface area contributed by atoms with E-state index in [1.165, 1.54) is 0 Å². The van der Waals surface area contributed by atoms with Crippen molar-refractivity contribution in [1.29, 1.82) is 0 Å². The van der Waals surface area contributed by atoms with Gasteiger partial charge in [0, 0.05) is 25.7 Å². The van der Waals surface area contributed by atoms with Gasteiger partial charge in [0.1, 0.15) is 0 Å². The highest BCUT2D eigenvalue weighted by atomic mass is 16.5. The van der Waals surface area contributed by atoms with Gasteiger partial charge in [-0.2, -0.15) is 0 Å². The Balaban J connectivity index is 1.56. The van der Waals surface area contributed by atoms with Gasteiger partial charge in [-0.1, -0.05) is 30.3 Å². The number of likely N-dealkylation sites (tertiary alicyclic amines) is 1. The number of carbonyl (C=O) groups excluding carboxylic acids is 1. The highest BCUT2D eigenvalue weighted by molar-refractivity contribution is 5.79. The topological polar surface area (TPSA) is 78.9 Å². The third kappa shape index (κ3) is 3.53. The lowest BCUT2D eigenvalue weighted by Gasteiger charge is -2.32. The lowest BCUT2D eigenvalue weighted by atomic mass is 9.90. The van der Waals surface area contributed by atoms with Crippen molar-refractivity contribution in [3.8, 4) is 0 Å². The fraction of sp³-hybridized carbons (Fsp3) is 0.556. The minimum absolute atomic E-state index is 0.00638. The maximum atomic E-state index is 12.4. The second-order valence-electron chi connectivity index (χ2n) is 6.98. The average Bonchev–Trinajstić information content (AvgIpc) is 3.00. The smallest absolute Gasteiger partial charge is 0.317 e. The predicted molar refractivity (Wildman–Crippen MR) is 88.6 cm³/mol. The maximum absolute atomic E-state index is 12.4. The number of urea groups is 1. The van der Waals surface area contributed by atoms with E-state index in [1.54, 1.807) is 11.8 Å². The monoisotopic (exact) mass is 332 g/mol. The van der Waals surface area contributed by atoms with Gasteiger partial charge in [-0.3, -0.25) is 4.79 Å². The minimum atomic E-state index is -0.840. The van der Waals surface area contributed by atoms with Crippen LogP contribution in [0, 0.1) is 5.41 Å². The number of rotatable bonds is 3. The Bertz CT molecular complexity index is 606. The number of ether oxygens (including phenoxy) is 1. The maximum Gasteiger partial charge on any atom is 0.317 e. The van der Waals surface area contributed by atoms with Crippen LogP contribution in [0.3, 0.4) is 0 Å². The van der Waals surface area contributed by atoms with Crippen molar-refractivity contribution in [1.82, 2.24) is 10.2 Å². The van der Waals surface area contributed by atoms with E-state index >= 15 is 0 Å². The van der Waals surface area contributed by atoms with Crippen LogP contribution < -0.4 is 5.32 Å². The molecule has 0 aromatic heterocycles. The molecule has 0 spiro atoms. The Morgan fingerprint density at radius 3 is 2.75 bits per heavy atom. The summed E-state index contributed by atoms with van der Waals surface area (Å²) in [6.45, 7) is 3.05. The van der Waals surface area contributed by atoms with Gasteiger partial charge in [-0.05, 0) is 31.7 Å². The standard InChI is InChI=1S/C18H24N2O4/c1-18(16(21)22)8-9-20(12-18)17(23)19-14-7-10-24-15(11-14)13-5-3-2-4-6-13/h2-6,14-15H,7-12H2,1H3,(H,19,23)(H,21,22). The summed E-state index contributed by atoms with van der Waals surface area (Å²) in [5.41, 5.74) is 0.288. The molecule has 3 unspecified atom stereocenters. The molecule has 2 aliphatic heterocycles. The molecular weight excluding hydrogens is 308 g/mol. The molecule has 1 aromatic rings. The number of benzene rings is 1. The zero-order valence-corrected chi connectivity index (χ0v) is 13.9. The van der Waals surface area contributed by atoms with Crippen molar-refractivity contribution in [2.24, 2.45) is 5.41 Å². The summed E-state index contributed by atoms with van der Waals surface area (Å²) in [5, 5.41) is 12.3. The number of nitrogens with one attached hydrogen (secondary N) is 1. The molecule has 2 fully saturated rings. The summed E-state index contributed by atoms with van der Waals surface area (Å²) >= 11 is 0. The third-order valence-corrected chi connectivity index (χ3v) is 5.06. The van der Waals surface area contributed by atoms with E-state index in [-0.39, 0.29) is 24.7 Å². The summed E-state index contributed by atoms with van der Waals surface area (Å²) in [7, 11) is 0. The fourth-order valence-electron chi connectivity index (χ4n) is 3.40. The van der Waals surface area contributed by atoms with Crippen LogP contribution in [0.15, 0.2) is 30.3 Å². The Morgan fingerprint density at radius 2 is 2.08 bits per heavy atom. The summed E-state index contributed by atoms with van der Waals surface area (Å²) in [4.78, 5) is 25.4. The van der Waals surface area contributed by atoms with Crippen molar-refractivity contribution < 1.29 is 19.4 Å². The number of aliphatic carboxylic acids is 1. The van der Waals surface area contributed by atoms with E-state index in [0.717, 1.165) is 18.4 Å². The van der Waals surface area contributed by atoms with Crippen LogP contribution in [-0.2, 0) is 9.53 Å². The summed E-state index contributed by atoms with van der Waals surface area (Å²) in [5.74, 6) is -0.840. The van der Waals surface area contributed by atoms with Gasteiger partial charge >= 0.3 is 12.0 Å². The first kappa shape index (κ1) is 16.8. The molecule has 3 rings (SSSR count). The zero-order chi connectivity index (χ0) is 17.2. The van der Waals surface area contributed by atoms with Crippen molar-refractivity contribution in [2.75, 3.05) is 19.7 Å². The lowest BCUT2D eigenvalue weighted by Crippen LogP contribution is -2.47. The molecule has 2 heterocycles. The molecule has 0 radical (unpaired) electrons. The molecule has 2 saturated heterocycles. The summed E-state index contributed by atoms with van der Waals surface area (Å²) < 4.78 is 5.82. The molecule has 130 valence electrons. The van der Waals surface area contributed by atoms with Gasteiger partial charge in [-0.25, -0.2) is 4.79 Å². The van der Waals surface area contributed by atoms with Crippen LogP contribution in [0.4, 0.5) is 4.79 Å². The van der Waals surface area contributed by atoms with Gasteiger partial charge in [0.2, 0.25) is 0 Å². The number of hydrogen-bond donors (Lipinski definition) is 2. The van der Waals surface area contributed by atoms with Crippen LogP contribution >= 0.6 is 0 Å². The second-order valence-corrected chi connectivity index (χ2v) is 6.98. The van der Waals surface area contributed by atoms with E-state index in [4.69, 9.17) is 4.74 Å². The van der Waals surface area contributed by atoms with E-state index < -0.39 is 11.4 Å². The highest BCUT2D eigenvalue weighted by Crippen LogP contribution is 2.31. The molecule has 24 heavy (non-hydrogen) atoms. The largest absolute Gasteiger partial charge is 0.481 e. The lowest BCUT2D eigenvalue weighted by molar-refractivity contribution is -0.147. The average molecular weight is 332 g/mol. The van der Waals surface area contributed by atoms with Crippen LogP contribution in [0.1, 0.15) is 37.9 Å². The Morgan fingerprint density at radius 1 is 1.33 bits per heavy atom. The Labute approximate surface area is 141 Å². The predicted octanol–water partition coefficient (Wildman–Crippen LogP) is 2.41. The second kappa shape index (κ2) is 6.81. The molecular formula is C18H24N2O4. The van der Waals surface area contributed by atoms with E-state index in [0.29, 0.717) is 19.6 Å². The van der Waals surface area contributed by atoms with E-state index in [1.807, 2.05) is 30.3 Å². The van der Waals surface area contributed by atoms with E-state index in [2.05, 4.69) is 5.32 Å².